The molecule has 0 aliphatic carbocycles. The molecule has 0 fully saturated rings. The number of aromatic amines is 1. The molecule has 1 aromatic carbocycles. The van der Waals surface area contributed by atoms with E-state index in [2.05, 4.69) is 32.0 Å². The van der Waals surface area contributed by atoms with Crippen LogP contribution >= 0.6 is 11.3 Å². The molecule has 0 atom stereocenters. The summed E-state index contributed by atoms with van der Waals surface area (Å²) in [6.45, 7) is 4.01. The van der Waals surface area contributed by atoms with Gasteiger partial charge in [-0.05, 0) is 26.0 Å². The minimum atomic E-state index is 0.0989. The highest BCUT2D eigenvalue weighted by Gasteiger charge is 2.15. The number of aromatic nitrogens is 4. The van der Waals surface area contributed by atoms with Crippen LogP contribution in [0.2, 0.25) is 0 Å². The minimum absolute atomic E-state index is 0.0989. The van der Waals surface area contributed by atoms with E-state index >= 15 is 0 Å². The molecule has 0 aliphatic rings. The fraction of sp³-hybridized carbons (Fsp3) is 0.235. The Morgan fingerprint density at radius 1 is 1.29 bits per heavy atom. The van der Waals surface area contributed by atoms with Crippen LogP contribution < -0.4 is 14.6 Å². The number of ether oxygens (including phenoxy) is 1. The fourth-order valence-corrected chi connectivity index (χ4v) is 3.54. The van der Waals surface area contributed by atoms with Gasteiger partial charge in [-0.2, -0.15) is 0 Å². The molecule has 3 heterocycles. The predicted octanol–water partition coefficient (Wildman–Crippen LogP) is 3.53. The molecule has 6 nitrogen and oxygen atoms in total. The summed E-state index contributed by atoms with van der Waals surface area (Å²) in [5.74, 6) is 0.774. The third kappa shape index (κ3) is 2.56. The second-order valence-corrected chi connectivity index (χ2v) is 6.90. The summed E-state index contributed by atoms with van der Waals surface area (Å²) in [7, 11) is 2.02. The monoisotopic (exact) mass is 340 g/mol. The van der Waals surface area contributed by atoms with Gasteiger partial charge >= 0.3 is 0 Å². The van der Waals surface area contributed by atoms with Gasteiger partial charge in [-0.3, -0.25) is 4.98 Å². The third-order valence-corrected chi connectivity index (χ3v) is 4.64. The van der Waals surface area contributed by atoms with Crippen molar-refractivity contribution in [2.24, 2.45) is 7.05 Å². The number of imidazole rings is 1. The Kier molecular flexibility index (Phi) is 3.57. The van der Waals surface area contributed by atoms with E-state index in [1.165, 1.54) is 0 Å². The smallest absolute Gasteiger partial charge is 0.242 e. The van der Waals surface area contributed by atoms with Gasteiger partial charge in [0.25, 0.3) is 0 Å². The predicted molar refractivity (Wildman–Crippen MR) is 95.9 cm³/mol. The first-order valence-electron chi connectivity index (χ1n) is 7.76. The van der Waals surface area contributed by atoms with E-state index < -0.39 is 0 Å². The average molecular weight is 340 g/mol. The summed E-state index contributed by atoms with van der Waals surface area (Å²) in [4.78, 5) is 12.2. The van der Waals surface area contributed by atoms with E-state index in [0.717, 1.165) is 37.8 Å². The second kappa shape index (κ2) is 5.76. The third-order valence-electron chi connectivity index (χ3n) is 3.71. The molecule has 0 spiro atoms. The molecule has 3 aromatic heterocycles. The molecular weight excluding hydrogens is 322 g/mol. The van der Waals surface area contributed by atoms with Crippen molar-refractivity contribution in [3.63, 3.8) is 0 Å². The van der Waals surface area contributed by atoms with Crippen LogP contribution in [0.3, 0.4) is 0 Å². The molecule has 0 saturated heterocycles. The Hall–Kier alpha value is -2.67. The van der Waals surface area contributed by atoms with E-state index in [1.54, 1.807) is 23.7 Å². The Balaban J connectivity index is 1.74. The van der Waals surface area contributed by atoms with Crippen LogP contribution in [0.15, 0.2) is 36.9 Å². The highest BCUT2D eigenvalue weighted by molar-refractivity contribution is 7.22. The molecule has 0 unspecified atom stereocenters. The normalized spacial score (nSPS) is 11.5. The van der Waals surface area contributed by atoms with Crippen molar-refractivity contribution in [3.05, 3.63) is 36.9 Å². The lowest BCUT2D eigenvalue weighted by Gasteiger charge is -2.13. The maximum Gasteiger partial charge on any atom is 0.242 e. The molecule has 0 bridgehead atoms. The first-order chi connectivity index (χ1) is 11.6. The molecular formula is C17H18N5OS+. The SMILES string of the molecule is CC(C)Oc1ccncc1Nc1nc2c(ccc3c2[nH]c[n+]3C)s1. The summed E-state index contributed by atoms with van der Waals surface area (Å²) in [5, 5.41) is 4.15. The zero-order valence-electron chi connectivity index (χ0n) is 13.7. The number of rotatable bonds is 4. The van der Waals surface area contributed by atoms with Crippen LogP contribution in [0.5, 0.6) is 5.75 Å². The Labute approximate surface area is 143 Å². The number of pyridine rings is 1. The molecule has 4 aromatic rings. The summed E-state index contributed by atoms with van der Waals surface area (Å²) in [6.07, 6.45) is 5.52. The molecule has 0 aliphatic heterocycles. The van der Waals surface area contributed by atoms with Gasteiger partial charge in [-0.1, -0.05) is 11.3 Å². The summed E-state index contributed by atoms with van der Waals surface area (Å²) < 4.78 is 9.01. The topological polar surface area (TPSA) is 66.7 Å². The molecule has 0 saturated carbocycles. The first kappa shape index (κ1) is 14.9. The largest absolute Gasteiger partial charge is 0.489 e. The first-order valence-corrected chi connectivity index (χ1v) is 8.57. The van der Waals surface area contributed by atoms with Crippen molar-refractivity contribution in [1.29, 1.82) is 0 Å². The van der Waals surface area contributed by atoms with Crippen LogP contribution in [0.1, 0.15) is 13.8 Å². The van der Waals surface area contributed by atoms with Crippen molar-refractivity contribution < 1.29 is 9.30 Å². The van der Waals surface area contributed by atoms with E-state index in [0.29, 0.717) is 0 Å². The fourth-order valence-electron chi connectivity index (χ4n) is 2.65. The zero-order valence-corrected chi connectivity index (χ0v) is 14.5. The van der Waals surface area contributed by atoms with Crippen LogP contribution in [0.4, 0.5) is 10.8 Å². The number of anilines is 2. The lowest BCUT2D eigenvalue weighted by atomic mass is 10.3. The minimum Gasteiger partial charge on any atom is -0.489 e. The maximum absolute atomic E-state index is 5.83. The Morgan fingerprint density at radius 3 is 3.00 bits per heavy atom. The van der Waals surface area contributed by atoms with Crippen LogP contribution in [-0.4, -0.2) is 21.1 Å². The van der Waals surface area contributed by atoms with Crippen molar-refractivity contribution in [2.45, 2.75) is 20.0 Å². The van der Waals surface area contributed by atoms with Crippen LogP contribution in [0, 0.1) is 0 Å². The number of hydrogen-bond acceptors (Lipinski definition) is 5. The van der Waals surface area contributed by atoms with Crippen molar-refractivity contribution >= 4 is 43.4 Å². The average Bonchev–Trinajstić information content (AvgIpc) is 3.12. The Bertz CT molecular complexity index is 1020. The number of benzene rings is 1. The standard InChI is InChI=1S/C17H17N5OS/c1-10(2)23-13-6-7-18-8-11(13)20-17-21-16-14(24-17)5-4-12-15(16)19-9-22(12)3/h4-10H,1-3H3,(H,20,21)/p+1. The molecule has 7 heteroatoms. The molecule has 122 valence electrons. The van der Waals surface area contributed by atoms with Gasteiger partial charge < -0.3 is 10.1 Å². The van der Waals surface area contributed by atoms with Gasteiger partial charge in [-0.15, -0.1) is 0 Å². The van der Waals surface area contributed by atoms with Crippen molar-refractivity contribution in [1.82, 2.24) is 15.0 Å². The molecule has 0 radical (unpaired) electrons. The number of hydrogen-bond donors (Lipinski definition) is 2. The number of thiazole rings is 1. The van der Waals surface area contributed by atoms with E-state index in [4.69, 9.17) is 9.72 Å². The van der Waals surface area contributed by atoms with Crippen LogP contribution in [0.25, 0.3) is 21.3 Å². The molecule has 2 N–H and O–H groups in total. The van der Waals surface area contributed by atoms with Gasteiger partial charge in [0.15, 0.2) is 16.2 Å². The van der Waals surface area contributed by atoms with E-state index in [-0.39, 0.29) is 6.10 Å². The number of fused-ring (bicyclic) bond motifs is 3. The van der Waals surface area contributed by atoms with Crippen molar-refractivity contribution in [2.75, 3.05) is 5.32 Å². The number of nitrogens with zero attached hydrogens (tertiary/aromatic N) is 3. The highest BCUT2D eigenvalue weighted by atomic mass is 32.1. The van der Waals surface area contributed by atoms with Gasteiger partial charge in [-0.25, -0.2) is 14.5 Å². The lowest BCUT2D eigenvalue weighted by Crippen LogP contribution is -2.24. The summed E-state index contributed by atoms with van der Waals surface area (Å²) in [6, 6.07) is 6.06. The molecule has 0 amide bonds. The van der Waals surface area contributed by atoms with Gasteiger partial charge in [0.05, 0.1) is 24.0 Å². The Morgan fingerprint density at radius 2 is 2.17 bits per heavy atom. The van der Waals surface area contributed by atoms with E-state index in [9.17, 15) is 0 Å². The zero-order chi connectivity index (χ0) is 16.7. The van der Waals surface area contributed by atoms with E-state index in [1.807, 2.05) is 33.3 Å². The number of nitrogens with one attached hydrogen (secondary N) is 2. The maximum atomic E-state index is 5.83. The summed E-state index contributed by atoms with van der Waals surface area (Å²) in [5.41, 5.74) is 3.96. The van der Waals surface area contributed by atoms with Gasteiger partial charge in [0.1, 0.15) is 17.0 Å². The summed E-state index contributed by atoms with van der Waals surface area (Å²) >= 11 is 1.61. The quantitative estimate of drug-likeness (QED) is 0.558. The van der Waals surface area contributed by atoms with Gasteiger partial charge in [0, 0.05) is 12.3 Å². The number of H-pyrrole nitrogens is 1. The lowest BCUT2D eigenvalue weighted by molar-refractivity contribution is -0.644. The van der Waals surface area contributed by atoms with Crippen LogP contribution in [-0.2, 0) is 7.05 Å². The number of aryl methyl sites for hydroxylation is 1. The van der Waals surface area contributed by atoms with Gasteiger partial charge in [0.2, 0.25) is 6.33 Å². The molecule has 24 heavy (non-hydrogen) atoms. The van der Waals surface area contributed by atoms with Crippen molar-refractivity contribution in [3.8, 4) is 5.75 Å². The molecule has 4 rings (SSSR count). The highest BCUT2D eigenvalue weighted by Crippen LogP contribution is 2.34. The second-order valence-electron chi connectivity index (χ2n) is 5.87.